The van der Waals surface area contributed by atoms with Crippen molar-refractivity contribution in [2.75, 3.05) is 0 Å². The fourth-order valence-corrected chi connectivity index (χ4v) is 4.14. The molecule has 0 amide bonds. The summed E-state index contributed by atoms with van der Waals surface area (Å²) in [6.07, 6.45) is 0. The predicted molar refractivity (Wildman–Crippen MR) is 59.1 cm³/mol. The number of benzene rings is 2. The molecule has 0 saturated heterocycles. The van der Waals surface area contributed by atoms with E-state index in [1.807, 2.05) is 12.1 Å². The minimum Gasteiger partial charge on any atom is -0.259 e. The minimum atomic E-state index is -4.38. The van der Waals surface area contributed by atoms with Gasteiger partial charge in [0.2, 0.25) is 0 Å². The summed E-state index contributed by atoms with van der Waals surface area (Å²) in [5.74, 6) is 0. The SMILES string of the molecule is F[Si]1(F)c2ccccc2-c2ccccc21. The van der Waals surface area contributed by atoms with E-state index in [9.17, 15) is 8.22 Å². The normalized spacial score (nSPS) is 15.9. The molecule has 3 heteroatoms. The smallest absolute Gasteiger partial charge is 0.259 e. The molecule has 0 fully saturated rings. The van der Waals surface area contributed by atoms with Gasteiger partial charge in [-0.25, -0.2) is 0 Å². The highest BCUT2D eigenvalue weighted by Gasteiger charge is 2.48. The molecule has 0 spiro atoms. The molecule has 1 heterocycles. The molecule has 0 atom stereocenters. The van der Waals surface area contributed by atoms with Gasteiger partial charge in [-0.1, -0.05) is 48.5 Å². The topological polar surface area (TPSA) is 0 Å². The number of rotatable bonds is 0. The third kappa shape index (κ3) is 1.04. The zero-order valence-electron chi connectivity index (χ0n) is 7.87. The number of halogens is 2. The lowest BCUT2D eigenvalue weighted by Crippen LogP contribution is -2.46. The maximum Gasteiger partial charge on any atom is 0.488 e. The van der Waals surface area contributed by atoms with Crippen LogP contribution in [0.2, 0.25) is 0 Å². The van der Waals surface area contributed by atoms with Gasteiger partial charge < -0.3 is 0 Å². The molecule has 0 bridgehead atoms. The highest BCUT2D eigenvalue weighted by Crippen LogP contribution is 2.28. The lowest BCUT2D eigenvalue weighted by atomic mass is 10.1. The van der Waals surface area contributed by atoms with Gasteiger partial charge in [-0.2, -0.15) is 0 Å². The van der Waals surface area contributed by atoms with Crippen molar-refractivity contribution in [2.24, 2.45) is 0 Å². The first-order valence-corrected chi connectivity index (χ1v) is 6.54. The van der Waals surface area contributed by atoms with Crippen molar-refractivity contribution < 1.29 is 8.22 Å². The minimum absolute atomic E-state index is 0.256. The molecule has 0 nitrogen and oxygen atoms in total. The quantitative estimate of drug-likeness (QED) is 0.469. The largest absolute Gasteiger partial charge is 0.488 e. The maximum atomic E-state index is 14.1. The van der Waals surface area contributed by atoms with Crippen LogP contribution in [-0.2, 0) is 0 Å². The van der Waals surface area contributed by atoms with Crippen LogP contribution in [0.25, 0.3) is 11.1 Å². The third-order valence-corrected chi connectivity index (χ3v) is 5.05. The molecular formula is C12H8F2Si. The molecule has 0 aromatic heterocycles. The second-order valence-electron chi connectivity index (χ2n) is 3.67. The van der Waals surface area contributed by atoms with E-state index in [0.29, 0.717) is 11.1 Å². The van der Waals surface area contributed by atoms with Gasteiger partial charge in [0.1, 0.15) is 0 Å². The van der Waals surface area contributed by atoms with Crippen LogP contribution in [0.5, 0.6) is 0 Å². The fourth-order valence-electron chi connectivity index (χ4n) is 2.13. The molecule has 0 N–H and O–H groups in total. The van der Waals surface area contributed by atoms with Gasteiger partial charge in [0.15, 0.2) is 0 Å². The van der Waals surface area contributed by atoms with Crippen LogP contribution in [0.15, 0.2) is 48.5 Å². The van der Waals surface area contributed by atoms with Crippen LogP contribution in [0, 0.1) is 0 Å². The highest BCUT2D eigenvalue weighted by atomic mass is 28.4. The van der Waals surface area contributed by atoms with E-state index in [0.717, 1.165) is 0 Å². The summed E-state index contributed by atoms with van der Waals surface area (Å²) in [5, 5.41) is 0.511. The molecule has 1 aliphatic rings. The molecule has 0 aliphatic carbocycles. The molecule has 3 rings (SSSR count). The lowest BCUT2D eigenvalue weighted by molar-refractivity contribution is 0.657. The second kappa shape index (κ2) is 2.76. The van der Waals surface area contributed by atoms with Crippen LogP contribution >= 0.6 is 0 Å². The van der Waals surface area contributed by atoms with E-state index in [1.54, 1.807) is 36.4 Å². The van der Waals surface area contributed by atoms with Crippen LogP contribution < -0.4 is 10.4 Å². The van der Waals surface area contributed by atoms with Crippen molar-refractivity contribution >= 4 is 19.1 Å². The lowest BCUT2D eigenvalue weighted by Gasteiger charge is -2.06. The van der Waals surface area contributed by atoms with Gasteiger partial charge in [0.05, 0.1) is 0 Å². The maximum absolute atomic E-state index is 14.1. The monoisotopic (exact) mass is 218 g/mol. The van der Waals surface area contributed by atoms with Crippen molar-refractivity contribution in [1.29, 1.82) is 0 Å². The predicted octanol–water partition coefficient (Wildman–Crippen LogP) is 2.16. The highest BCUT2D eigenvalue weighted by molar-refractivity contribution is 6.95. The van der Waals surface area contributed by atoms with Gasteiger partial charge in [-0.3, -0.25) is 8.22 Å². The van der Waals surface area contributed by atoms with Gasteiger partial charge in [-0.05, 0) is 11.1 Å². The Morgan fingerprint density at radius 3 is 1.53 bits per heavy atom. The number of hydrogen-bond acceptors (Lipinski definition) is 0. The van der Waals surface area contributed by atoms with Crippen molar-refractivity contribution in [2.45, 2.75) is 0 Å². The summed E-state index contributed by atoms with van der Waals surface area (Å²) in [6.45, 7) is 0. The second-order valence-corrected chi connectivity index (χ2v) is 5.89. The Hall–Kier alpha value is -1.48. The Morgan fingerprint density at radius 1 is 0.667 bits per heavy atom. The van der Waals surface area contributed by atoms with E-state index in [1.165, 1.54) is 0 Å². The molecule has 1 aliphatic heterocycles. The summed E-state index contributed by atoms with van der Waals surface area (Å²) in [7, 11) is -4.38. The molecule has 2 aromatic rings. The summed E-state index contributed by atoms with van der Waals surface area (Å²) in [4.78, 5) is 0. The van der Waals surface area contributed by atoms with Crippen LogP contribution in [0.4, 0.5) is 8.22 Å². The standard InChI is InChI=1S/C12H8F2Si/c13-15(14)11-7-3-1-5-9(11)10-6-2-4-8-12(10)15/h1-8H. The number of hydrogen-bond donors (Lipinski definition) is 0. The molecule has 74 valence electrons. The van der Waals surface area contributed by atoms with E-state index < -0.39 is 8.74 Å². The van der Waals surface area contributed by atoms with Gasteiger partial charge in [0.25, 0.3) is 0 Å². The van der Waals surface area contributed by atoms with Crippen LogP contribution in [0.1, 0.15) is 0 Å². The van der Waals surface area contributed by atoms with Crippen LogP contribution in [0.3, 0.4) is 0 Å². The Morgan fingerprint density at radius 2 is 1.07 bits per heavy atom. The van der Waals surface area contributed by atoms with E-state index in [-0.39, 0.29) is 10.4 Å². The summed E-state index contributed by atoms with van der Waals surface area (Å²) >= 11 is 0. The molecule has 0 radical (unpaired) electrons. The molecule has 0 unspecified atom stereocenters. The van der Waals surface area contributed by atoms with Gasteiger partial charge in [-0.15, -0.1) is 0 Å². The van der Waals surface area contributed by atoms with Crippen LogP contribution in [-0.4, -0.2) is 8.74 Å². The molecule has 15 heavy (non-hydrogen) atoms. The molecular weight excluding hydrogens is 210 g/mol. The Bertz CT molecular complexity index is 487. The number of fused-ring (bicyclic) bond motifs is 3. The molecule has 2 aromatic carbocycles. The Labute approximate surface area is 87.5 Å². The average molecular weight is 218 g/mol. The summed E-state index contributed by atoms with van der Waals surface area (Å²) in [5.41, 5.74) is 1.43. The Kier molecular flexibility index (Phi) is 1.62. The molecule has 0 saturated carbocycles. The first kappa shape index (κ1) is 8.80. The summed E-state index contributed by atoms with van der Waals surface area (Å²) in [6, 6.07) is 13.7. The van der Waals surface area contributed by atoms with E-state index in [2.05, 4.69) is 0 Å². The first-order valence-electron chi connectivity index (χ1n) is 4.78. The average Bonchev–Trinajstić information content (AvgIpc) is 2.51. The van der Waals surface area contributed by atoms with Crippen molar-refractivity contribution in [3.8, 4) is 11.1 Å². The van der Waals surface area contributed by atoms with Crippen molar-refractivity contribution in [1.82, 2.24) is 0 Å². The van der Waals surface area contributed by atoms with E-state index >= 15 is 0 Å². The van der Waals surface area contributed by atoms with Gasteiger partial charge in [0, 0.05) is 10.4 Å². The zero-order valence-corrected chi connectivity index (χ0v) is 8.87. The third-order valence-electron chi connectivity index (χ3n) is 2.82. The first-order chi connectivity index (χ1) is 7.21. The van der Waals surface area contributed by atoms with Crippen molar-refractivity contribution in [3.05, 3.63) is 48.5 Å². The Balaban J connectivity index is 2.42. The van der Waals surface area contributed by atoms with E-state index in [4.69, 9.17) is 0 Å². The zero-order chi connectivity index (χ0) is 10.5. The fraction of sp³-hybridized carbons (Fsp3) is 0. The van der Waals surface area contributed by atoms with Gasteiger partial charge >= 0.3 is 8.74 Å². The summed E-state index contributed by atoms with van der Waals surface area (Å²) < 4.78 is 28.1. The van der Waals surface area contributed by atoms with Crippen molar-refractivity contribution in [3.63, 3.8) is 0 Å².